The molecule has 0 spiro atoms. The van der Waals surface area contributed by atoms with Crippen molar-refractivity contribution in [3.05, 3.63) is 70.8 Å². The number of hydrogen-bond donors (Lipinski definition) is 1. The fraction of sp³-hybridized carbons (Fsp3) is 0.391. The van der Waals surface area contributed by atoms with E-state index in [0.29, 0.717) is 26.1 Å². The summed E-state index contributed by atoms with van der Waals surface area (Å²) >= 11 is 0. The summed E-state index contributed by atoms with van der Waals surface area (Å²) in [6.45, 7) is 1.94. The maximum atomic E-state index is 13.2. The van der Waals surface area contributed by atoms with Crippen LogP contribution in [0.3, 0.4) is 0 Å². The fourth-order valence-electron chi connectivity index (χ4n) is 4.25. The molecule has 5 heteroatoms. The third-order valence-electron chi connectivity index (χ3n) is 5.76. The summed E-state index contributed by atoms with van der Waals surface area (Å²) in [7, 11) is 0. The number of rotatable bonds is 5. The van der Waals surface area contributed by atoms with E-state index in [9.17, 15) is 9.59 Å². The highest BCUT2D eigenvalue weighted by Crippen LogP contribution is 2.36. The average Bonchev–Trinajstić information content (AvgIpc) is 3.21. The molecule has 5 nitrogen and oxygen atoms in total. The number of carboxylic acids is 1. The Balaban J connectivity index is 1.45. The maximum Gasteiger partial charge on any atom is 0.303 e. The zero-order chi connectivity index (χ0) is 19.5. The molecule has 2 heterocycles. The first-order valence-electron chi connectivity index (χ1n) is 9.89. The highest BCUT2D eigenvalue weighted by atomic mass is 16.5. The lowest BCUT2D eigenvalue weighted by Gasteiger charge is -2.32. The van der Waals surface area contributed by atoms with Crippen molar-refractivity contribution in [1.29, 1.82) is 0 Å². The molecule has 4 rings (SSSR count). The van der Waals surface area contributed by atoms with Crippen molar-refractivity contribution in [2.24, 2.45) is 5.92 Å². The van der Waals surface area contributed by atoms with Crippen molar-refractivity contribution < 1.29 is 19.4 Å². The standard InChI is InChI=1S/C23H25NO4/c25-21(26)9-7-16-6-8-19-15-24(12-10-18(19)14-16)23(27)20-11-13-28-22(20)17-4-2-1-3-5-17/h1-6,8,14,20,22H,7,9-13,15H2,(H,25,26)/t20-,22+/m1/s1. The van der Waals surface area contributed by atoms with Crippen LogP contribution in [0.15, 0.2) is 48.5 Å². The van der Waals surface area contributed by atoms with E-state index in [-0.39, 0.29) is 24.3 Å². The molecule has 2 aliphatic rings. The molecule has 28 heavy (non-hydrogen) atoms. The van der Waals surface area contributed by atoms with E-state index in [4.69, 9.17) is 9.84 Å². The Morgan fingerprint density at radius 2 is 1.93 bits per heavy atom. The monoisotopic (exact) mass is 379 g/mol. The predicted octanol–water partition coefficient (Wildman–Crippen LogP) is 3.37. The van der Waals surface area contributed by atoms with E-state index in [1.807, 2.05) is 47.4 Å². The minimum atomic E-state index is -0.777. The number of ether oxygens (including phenoxy) is 1. The van der Waals surface area contributed by atoms with Gasteiger partial charge in [0.25, 0.3) is 0 Å². The lowest BCUT2D eigenvalue weighted by Crippen LogP contribution is -2.40. The topological polar surface area (TPSA) is 66.8 Å². The Hall–Kier alpha value is -2.66. The molecule has 1 fully saturated rings. The SMILES string of the molecule is O=C(O)CCc1ccc2c(c1)CCN(C(=O)[C@@H]1CCO[C@H]1c1ccccc1)C2. The quantitative estimate of drug-likeness (QED) is 0.865. The lowest BCUT2D eigenvalue weighted by atomic mass is 9.91. The van der Waals surface area contributed by atoms with E-state index in [0.717, 1.165) is 29.5 Å². The van der Waals surface area contributed by atoms with Crippen molar-refractivity contribution in [2.75, 3.05) is 13.2 Å². The second kappa shape index (κ2) is 8.15. The summed E-state index contributed by atoms with van der Waals surface area (Å²) in [5.41, 5.74) is 4.51. The van der Waals surface area contributed by atoms with Gasteiger partial charge in [0.15, 0.2) is 0 Å². The molecule has 1 amide bonds. The number of amides is 1. The molecule has 1 N–H and O–H groups in total. The van der Waals surface area contributed by atoms with Gasteiger partial charge in [-0.1, -0.05) is 48.5 Å². The Labute approximate surface area is 164 Å². The molecule has 0 bridgehead atoms. The van der Waals surface area contributed by atoms with Crippen LogP contribution in [0.25, 0.3) is 0 Å². The fourth-order valence-corrected chi connectivity index (χ4v) is 4.25. The third kappa shape index (κ3) is 3.94. The van der Waals surface area contributed by atoms with Gasteiger partial charge in [0.1, 0.15) is 0 Å². The number of aliphatic carboxylic acids is 1. The summed E-state index contributed by atoms with van der Waals surface area (Å²) in [5, 5.41) is 8.86. The minimum absolute atomic E-state index is 0.126. The number of aryl methyl sites for hydroxylation is 1. The zero-order valence-electron chi connectivity index (χ0n) is 15.8. The molecular formula is C23H25NO4. The first-order chi connectivity index (χ1) is 13.6. The molecular weight excluding hydrogens is 354 g/mol. The molecule has 146 valence electrons. The highest BCUT2D eigenvalue weighted by Gasteiger charge is 2.38. The molecule has 2 aromatic carbocycles. The Bertz CT molecular complexity index is 864. The van der Waals surface area contributed by atoms with Crippen LogP contribution in [-0.4, -0.2) is 35.0 Å². The Kier molecular flexibility index (Phi) is 5.44. The van der Waals surface area contributed by atoms with E-state index in [1.165, 1.54) is 5.56 Å². The van der Waals surface area contributed by atoms with Crippen LogP contribution in [0.2, 0.25) is 0 Å². The van der Waals surface area contributed by atoms with Crippen LogP contribution >= 0.6 is 0 Å². The molecule has 2 aromatic rings. The van der Waals surface area contributed by atoms with E-state index >= 15 is 0 Å². The second-order valence-electron chi connectivity index (χ2n) is 7.60. The molecule has 0 saturated carbocycles. The number of fused-ring (bicyclic) bond motifs is 1. The van der Waals surface area contributed by atoms with Gasteiger partial charge in [0, 0.05) is 26.1 Å². The van der Waals surface area contributed by atoms with Gasteiger partial charge in [-0.25, -0.2) is 0 Å². The smallest absolute Gasteiger partial charge is 0.303 e. The summed E-state index contributed by atoms with van der Waals surface area (Å²) < 4.78 is 5.90. The minimum Gasteiger partial charge on any atom is -0.481 e. The number of carbonyl (C=O) groups is 2. The number of nitrogens with zero attached hydrogens (tertiary/aromatic N) is 1. The van der Waals surface area contributed by atoms with E-state index in [1.54, 1.807) is 0 Å². The van der Waals surface area contributed by atoms with Gasteiger partial charge in [-0.2, -0.15) is 0 Å². The van der Waals surface area contributed by atoms with Crippen molar-refractivity contribution in [3.63, 3.8) is 0 Å². The van der Waals surface area contributed by atoms with E-state index in [2.05, 4.69) is 6.07 Å². The van der Waals surface area contributed by atoms with Crippen molar-refractivity contribution in [1.82, 2.24) is 4.90 Å². The Morgan fingerprint density at radius 3 is 2.71 bits per heavy atom. The van der Waals surface area contributed by atoms with Gasteiger partial charge in [-0.3, -0.25) is 9.59 Å². The third-order valence-corrected chi connectivity index (χ3v) is 5.76. The summed E-state index contributed by atoms with van der Waals surface area (Å²) in [6, 6.07) is 16.1. The molecule has 0 unspecified atom stereocenters. The lowest BCUT2D eigenvalue weighted by molar-refractivity contribution is -0.138. The van der Waals surface area contributed by atoms with Crippen LogP contribution in [0.5, 0.6) is 0 Å². The number of carboxylic acid groups (broad SMARTS) is 1. The number of benzene rings is 2. The van der Waals surface area contributed by atoms with Crippen LogP contribution in [0.4, 0.5) is 0 Å². The van der Waals surface area contributed by atoms with Gasteiger partial charge in [0.05, 0.1) is 12.0 Å². The summed E-state index contributed by atoms with van der Waals surface area (Å²) in [4.78, 5) is 26.0. The first-order valence-corrected chi connectivity index (χ1v) is 9.89. The largest absolute Gasteiger partial charge is 0.481 e. The average molecular weight is 379 g/mol. The molecule has 0 radical (unpaired) electrons. The number of hydrogen-bond acceptors (Lipinski definition) is 3. The van der Waals surface area contributed by atoms with Gasteiger partial charge < -0.3 is 14.7 Å². The van der Waals surface area contributed by atoms with Crippen molar-refractivity contribution >= 4 is 11.9 Å². The van der Waals surface area contributed by atoms with Gasteiger partial charge in [0.2, 0.25) is 5.91 Å². The predicted molar refractivity (Wildman–Crippen MR) is 105 cm³/mol. The first kappa shape index (κ1) is 18.7. The van der Waals surface area contributed by atoms with Crippen LogP contribution < -0.4 is 0 Å². The highest BCUT2D eigenvalue weighted by molar-refractivity contribution is 5.80. The van der Waals surface area contributed by atoms with E-state index < -0.39 is 5.97 Å². The van der Waals surface area contributed by atoms with Crippen molar-refractivity contribution in [3.8, 4) is 0 Å². The van der Waals surface area contributed by atoms with Gasteiger partial charge in [-0.05, 0) is 41.5 Å². The molecule has 1 saturated heterocycles. The second-order valence-corrected chi connectivity index (χ2v) is 7.60. The molecule has 0 aromatic heterocycles. The van der Waals surface area contributed by atoms with Gasteiger partial charge in [-0.15, -0.1) is 0 Å². The normalized spacial score (nSPS) is 21.4. The maximum absolute atomic E-state index is 13.2. The summed E-state index contributed by atoms with van der Waals surface area (Å²) in [5.74, 6) is -0.730. The van der Waals surface area contributed by atoms with Crippen molar-refractivity contribution in [2.45, 2.75) is 38.3 Å². The molecule has 2 aliphatic heterocycles. The number of carbonyl (C=O) groups excluding carboxylic acids is 1. The van der Waals surface area contributed by atoms with Crippen LogP contribution in [0.1, 0.15) is 41.2 Å². The van der Waals surface area contributed by atoms with Gasteiger partial charge >= 0.3 is 5.97 Å². The summed E-state index contributed by atoms with van der Waals surface area (Å²) in [6.07, 6.45) is 2.10. The zero-order valence-corrected chi connectivity index (χ0v) is 15.8. The van der Waals surface area contributed by atoms with Crippen LogP contribution in [-0.2, 0) is 33.7 Å². The molecule has 2 atom stereocenters. The Morgan fingerprint density at radius 1 is 1.11 bits per heavy atom. The van der Waals surface area contributed by atoms with Crippen LogP contribution in [0, 0.1) is 5.92 Å². The molecule has 0 aliphatic carbocycles.